The molecule has 0 radical (unpaired) electrons. The van der Waals surface area contributed by atoms with Gasteiger partial charge in [-0.05, 0) is 30.4 Å². The van der Waals surface area contributed by atoms with Crippen LogP contribution in [0.25, 0.3) is 11.1 Å². The Morgan fingerprint density at radius 2 is 1.96 bits per heavy atom. The second kappa shape index (κ2) is 5.15. The number of Topliss-reactive ketones (excluding diaryl/α,β-unsaturated/α-hetero) is 1. The average Bonchev–Trinajstić information content (AvgIpc) is 2.90. The fourth-order valence-electron chi connectivity index (χ4n) is 3.41. The van der Waals surface area contributed by atoms with Gasteiger partial charge in [-0.25, -0.2) is 15.0 Å². The SMILES string of the molecule is NC1=NC2(CCCc3c(cccc3-c3cncnc3)C2=O)CO1. The summed E-state index contributed by atoms with van der Waals surface area (Å²) >= 11 is 0. The Kier molecular flexibility index (Phi) is 3.11. The van der Waals surface area contributed by atoms with Crippen molar-refractivity contribution in [3.05, 3.63) is 48.0 Å². The molecule has 0 bridgehead atoms. The van der Waals surface area contributed by atoms with Gasteiger partial charge in [0.1, 0.15) is 12.9 Å². The van der Waals surface area contributed by atoms with Gasteiger partial charge in [-0.15, -0.1) is 0 Å². The second-order valence-corrected chi connectivity index (χ2v) is 5.91. The number of rotatable bonds is 1. The highest BCUT2D eigenvalue weighted by molar-refractivity contribution is 6.07. The van der Waals surface area contributed by atoms with Gasteiger partial charge in [0.05, 0.1) is 0 Å². The third-order valence-electron chi connectivity index (χ3n) is 4.52. The molecule has 1 aliphatic carbocycles. The molecule has 6 heteroatoms. The minimum absolute atomic E-state index is 0.0100. The summed E-state index contributed by atoms with van der Waals surface area (Å²) in [6, 6.07) is 5.86. The molecule has 2 aliphatic rings. The summed E-state index contributed by atoms with van der Waals surface area (Å²) in [4.78, 5) is 25.6. The van der Waals surface area contributed by atoms with E-state index >= 15 is 0 Å². The number of hydrogen-bond acceptors (Lipinski definition) is 6. The summed E-state index contributed by atoms with van der Waals surface area (Å²) in [5.74, 6) is -0.0100. The lowest BCUT2D eigenvalue weighted by atomic mass is 9.87. The Labute approximate surface area is 133 Å². The van der Waals surface area contributed by atoms with Crippen LogP contribution in [-0.4, -0.2) is 33.9 Å². The van der Waals surface area contributed by atoms with Gasteiger partial charge in [-0.3, -0.25) is 4.79 Å². The maximum Gasteiger partial charge on any atom is 0.283 e. The molecule has 2 heterocycles. The molecule has 2 N–H and O–H groups in total. The molecule has 4 rings (SSSR count). The number of nitrogens with zero attached hydrogens (tertiary/aromatic N) is 3. The molecule has 6 nitrogen and oxygen atoms in total. The van der Waals surface area contributed by atoms with Crippen LogP contribution in [0.3, 0.4) is 0 Å². The van der Waals surface area contributed by atoms with Gasteiger partial charge >= 0.3 is 0 Å². The molecule has 0 fully saturated rings. The van der Waals surface area contributed by atoms with E-state index in [4.69, 9.17) is 10.5 Å². The molecule has 1 aromatic heterocycles. The highest BCUT2D eigenvalue weighted by Crippen LogP contribution is 2.37. The molecular weight excluding hydrogens is 292 g/mol. The molecule has 1 spiro atoms. The van der Waals surface area contributed by atoms with Crippen LogP contribution in [0.1, 0.15) is 28.8 Å². The fourth-order valence-corrected chi connectivity index (χ4v) is 3.41. The van der Waals surface area contributed by atoms with E-state index in [9.17, 15) is 4.79 Å². The molecule has 0 saturated carbocycles. The number of aliphatic imine (C=N–C) groups is 1. The second-order valence-electron chi connectivity index (χ2n) is 5.91. The van der Waals surface area contributed by atoms with Crippen LogP contribution in [0, 0.1) is 0 Å². The zero-order chi connectivity index (χ0) is 15.9. The zero-order valence-electron chi connectivity index (χ0n) is 12.5. The Hall–Kier alpha value is -2.76. The Morgan fingerprint density at radius 1 is 1.17 bits per heavy atom. The van der Waals surface area contributed by atoms with E-state index in [0.29, 0.717) is 12.0 Å². The molecule has 1 unspecified atom stereocenters. The number of amidine groups is 1. The van der Waals surface area contributed by atoms with E-state index in [1.807, 2.05) is 18.2 Å². The number of carbonyl (C=O) groups is 1. The number of aromatic nitrogens is 2. The summed E-state index contributed by atoms with van der Waals surface area (Å²) in [5, 5.41) is 0. The normalized spacial score (nSPS) is 23.1. The summed E-state index contributed by atoms with van der Waals surface area (Å²) in [5.41, 5.74) is 8.45. The van der Waals surface area contributed by atoms with Crippen LogP contribution in [0.4, 0.5) is 0 Å². The monoisotopic (exact) mass is 308 g/mol. The van der Waals surface area contributed by atoms with Gasteiger partial charge in [0.2, 0.25) is 0 Å². The van der Waals surface area contributed by atoms with Crippen molar-refractivity contribution in [1.82, 2.24) is 9.97 Å². The van der Waals surface area contributed by atoms with Crippen molar-refractivity contribution in [2.45, 2.75) is 24.8 Å². The number of ketones is 1. The van der Waals surface area contributed by atoms with E-state index in [-0.39, 0.29) is 18.4 Å². The molecule has 0 saturated heterocycles. The van der Waals surface area contributed by atoms with Crippen molar-refractivity contribution >= 4 is 11.8 Å². The minimum atomic E-state index is -0.860. The lowest BCUT2D eigenvalue weighted by Gasteiger charge is -2.20. The Balaban J connectivity index is 1.85. The molecular formula is C17H16N4O2. The standard InChI is InChI=1S/C17H16N4O2/c18-16-21-17(9-23-16)6-2-5-13-12(11-7-19-10-20-8-11)3-1-4-14(13)15(17)22/h1,3-4,7-8,10H,2,5-6,9H2,(H2,18,21). The molecule has 1 aliphatic heterocycles. The van der Waals surface area contributed by atoms with Crippen LogP contribution in [0.2, 0.25) is 0 Å². The van der Waals surface area contributed by atoms with Crippen LogP contribution in [-0.2, 0) is 11.2 Å². The molecule has 23 heavy (non-hydrogen) atoms. The highest BCUT2D eigenvalue weighted by atomic mass is 16.5. The van der Waals surface area contributed by atoms with Crippen molar-refractivity contribution in [2.75, 3.05) is 6.61 Å². The smallest absolute Gasteiger partial charge is 0.283 e. The molecule has 2 aromatic rings. The molecule has 1 aromatic carbocycles. The van der Waals surface area contributed by atoms with Crippen molar-refractivity contribution < 1.29 is 9.53 Å². The predicted octanol–water partition coefficient (Wildman–Crippen LogP) is 1.75. The van der Waals surface area contributed by atoms with Crippen molar-refractivity contribution in [1.29, 1.82) is 0 Å². The van der Waals surface area contributed by atoms with Gasteiger partial charge in [0.15, 0.2) is 11.3 Å². The summed E-state index contributed by atoms with van der Waals surface area (Å²) in [6.45, 7) is 0.232. The van der Waals surface area contributed by atoms with Crippen LogP contribution in [0.15, 0.2) is 41.9 Å². The zero-order valence-corrected chi connectivity index (χ0v) is 12.5. The fraction of sp³-hybridized carbons (Fsp3) is 0.294. The quantitative estimate of drug-likeness (QED) is 0.866. The number of fused-ring (bicyclic) bond motifs is 1. The maximum absolute atomic E-state index is 13.1. The Bertz CT molecular complexity index is 803. The summed E-state index contributed by atoms with van der Waals surface area (Å²) < 4.78 is 5.29. The minimum Gasteiger partial charge on any atom is -0.462 e. The average molecular weight is 308 g/mol. The molecule has 0 amide bonds. The van der Waals surface area contributed by atoms with Crippen molar-refractivity contribution in [2.24, 2.45) is 10.7 Å². The van der Waals surface area contributed by atoms with Crippen LogP contribution in [0.5, 0.6) is 0 Å². The number of hydrogen-bond donors (Lipinski definition) is 1. The molecule has 1 atom stereocenters. The lowest BCUT2D eigenvalue weighted by Crippen LogP contribution is -2.37. The largest absolute Gasteiger partial charge is 0.462 e. The van der Waals surface area contributed by atoms with Crippen molar-refractivity contribution in [3.63, 3.8) is 0 Å². The maximum atomic E-state index is 13.1. The van der Waals surface area contributed by atoms with E-state index in [1.165, 1.54) is 6.33 Å². The summed E-state index contributed by atoms with van der Waals surface area (Å²) in [7, 11) is 0. The predicted molar refractivity (Wildman–Crippen MR) is 85.0 cm³/mol. The van der Waals surface area contributed by atoms with E-state index in [2.05, 4.69) is 15.0 Å². The topological polar surface area (TPSA) is 90.5 Å². The first-order valence-corrected chi connectivity index (χ1v) is 7.60. The van der Waals surface area contributed by atoms with Gasteiger partial charge in [-0.2, -0.15) is 0 Å². The third kappa shape index (κ3) is 2.18. The van der Waals surface area contributed by atoms with Gasteiger partial charge < -0.3 is 10.5 Å². The van der Waals surface area contributed by atoms with E-state index in [1.54, 1.807) is 12.4 Å². The highest BCUT2D eigenvalue weighted by Gasteiger charge is 2.45. The Morgan fingerprint density at radius 3 is 2.70 bits per heavy atom. The first kappa shape index (κ1) is 13.9. The number of ether oxygens (including phenoxy) is 1. The number of nitrogens with two attached hydrogens (primary N) is 1. The van der Waals surface area contributed by atoms with Crippen molar-refractivity contribution in [3.8, 4) is 11.1 Å². The lowest BCUT2D eigenvalue weighted by molar-refractivity contribution is 0.0852. The van der Waals surface area contributed by atoms with E-state index in [0.717, 1.165) is 29.5 Å². The van der Waals surface area contributed by atoms with Gasteiger partial charge in [-0.1, -0.05) is 18.2 Å². The summed E-state index contributed by atoms with van der Waals surface area (Å²) in [6.07, 6.45) is 7.34. The van der Waals surface area contributed by atoms with Crippen LogP contribution < -0.4 is 5.73 Å². The number of benzene rings is 1. The van der Waals surface area contributed by atoms with Crippen LogP contribution >= 0.6 is 0 Å². The number of carbonyl (C=O) groups excluding carboxylic acids is 1. The van der Waals surface area contributed by atoms with Gasteiger partial charge in [0.25, 0.3) is 6.02 Å². The first-order chi connectivity index (χ1) is 11.2. The van der Waals surface area contributed by atoms with Gasteiger partial charge in [0, 0.05) is 23.5 Å². The van der Waals surface area contributed by atoms with E-state index < -0.39 is 5.54 Å². The molecule has 116 valence electrons. The first-order valence-electron chi connectivity index (χ1n) is 7.60. The third-order valence-corrected chi connectivity index (χ3v) is 4.52.